The van der Waals surface area contributed by atoms with Crippen molar-refractivity contribution in [2.75, 3.05) is 6.61 Å². The minimum Gasteiger partial charge on any atom is -0.377 e. The molecule has 0 aliphatic heterocycles. The Hall–Kier alpha value is -1.08. The Morgan fingerprint density at radius 1 is 1.00 bits per heavy atom. The number of unbranched alkanes of at least 4 members (excludes halogenated alkanes) is 2. The molecule has 0 spiro atoms. The fourth-order valence-electron chi connectivity index (χ4n) is 3.50. The first-order valence-electron chi connectivity index (χ1n) is 9.66. The van der Waals surface area contributed by atoms with Gasteiger partial charge in [-0.05, 0) is 61.5 Å². The van der Waals surface area contributed by atoms with E-state index in [0.29, 0.717) is 0 Å². The van der Waals surface area contributed by atoms with Gasteiger partial charge in [0.25, 0.3) is 0 Å². The molecule has 0 atom stereocenters. The van der Waals surface area contributed by atoms with E-state index >= 15 is 0 Å². The van der Waals surface area contributed by atoms with Crippen molar-refractivity contribution >= 4 is 0 Å². The van der Waals surface area contributed by atoms with Crippen LogP contribution in [-0.2, 0) is 11.3 Å². The number of allylic oxidation sites excluding steroid dienone is 2. The molecule has 128 valence electrons. The lowest BCUT2D eigenvalue weighted by Crippen LogP contribution is -2.11. The third-order valence-corrected chi connectivity index (χ3v) is 5.03. The first kappa shape index (κ1) is 18.3. The molecule has 0 heterocycles. The molecule has 1 aromatic rings. The first-order chi connectivity index (χ1) is 11.3. The van der Waals surface area contributed by atoms with Gasteiger partial charge in [-0.1, -0.05) is 63.1 Å². The average Bonchev–Trinajstić information content (AvgIpc) is 2.61. The zero-order valence-corrected chi connectivity index (χ0v) is 15.1. The van der Waals surface area contributed by atoms with Gasteiger partial charge in [0.1, 0.15) is 0 Å². The maximum absolute atomic E-state index is 5.75. The van der Waals surface area contributed by atoms with Crippen molar-refractivity contribution in [3.05, 3.63) is 47.5 Å². The summed E-state index contributed by atoms with van der Waals surface area (Å²) in [7, 11) is 0. The number of benzene rings is 1. The van der Waals surface area contributed by atoms with Gasteiger partial charge in [-0.2, -0.15) is 0 Å². The Balaban J connectivity index is 1.73. The van der Waals surface area contributed by atoms with E-state index in [-0.39, 0.29) is 0 Å². The number of hydrogen-bond donors (Lipinski definition) is 0. The average molecular weight is 315 g/mol. The van der Waals surface area contributed by atoms with Crippen molar-refractivity contribution in [2.45, 2.75) is 77.7 Å². The predicted molar refractivity (Wildman–Crippen MR) is 99.8 cm³/mol. The van der Waals surface area contributed by atoms with Gasteiger partial charge in [-0.15, -0.1) is 0 Å². The SMILES string of the molecule is CCC=C[C@H]1CC[C@H](c2ccc(COCCCCC)cc2)CC1. The Kier molecular flexibility index (Phi) is 8.46. The quantitative estimate of drug-likeness (QED) is 0.367. The highest BCUT2D eigenvalue weighted by molar-refractivity contribution is 5.25. The molecule has 2 rings (SSSR count). The van der Waals surface area contributed by atoms with E-state index in [2.05, 4.69) is 50.3 Å². The predicted octanol–water partition coefficient (Wildman–Crippen LogP) is 6.63. The van der Waals surface area contributed by atoms with Gasteiger partial charge in [0.2, 0.25) is 0 Å². The van der Waals surface area contributed by atoms with Gasteiger partial charge in [0.05, 0.1) is 6.61 Å². The number of hydrogen-bond acceptors (Lipinski definition) is 1. The first-order valence-corrected chi connectivity index (χ1v) is 9.66. The summed E-state index contributed by atoms with van der Waals surface area (Å²) in [5, 5.41) is 0. The standard InChI is InChI=1S/C22H34O/c1-3-5-7-17-23-18-20-11-15-22(16-12-20)21-13-9-19(10-14-21)8-6-4-2/h6,8,11-12,15-16,19,21H,3-5,7,9-10,13-14,17-18H2,1-2H3/t19-,21-. The number of rotatable bonds is 9. The molecular weight excluding hydrogens is 280 g/mol. The summed E-state index contributed by atoms with van der Waals surface area (Å²) < 4.78 is 5.75. The maximum Gasteiger partial charge on any atom is 0.0716 e. The minimum atomic E-state index is 0.762. The molecule has 0 amide bonds. The molecule has 1 heteroatoms. The van der Waals surface area contributed by atoms with Crippen LogP contribution in [0, 0.1) is 5.92 Å². The Labute approximate surface area is 143 Å². The van der Waals surface area contributed by atoms with Crippen molar-refractivity contribution in [3.63, 3.8) is 0 Å². The highest BCUT2D eigenvalue weighted by Crippen LogP contribution is 2.36. The van der Waals surface area contributed by atoms with Gasteiger partial charge in [-0.25, -0.2) is 0 Å². The Bertz CT molecular complexity index is 438. The molecule has 0 bridgehead atoms. The zero-order chi connectivity index (χ0) is 16.3. The summed E-state index contributed by atoms with van der Waals surface area (Å²) in [5.74, 6) is 1.59. The van der Waals surface area contributed by atoms with Crippen LogP contribution in [0.2, 0.25) is 0 Å². The second kappa shape index (κ2) is 10.6. The van der Waals surface area contributed by atoms with Crippen LogP contribution in [0.25, 0.3) is 0 Å². The molecule has 1 aromatic carbocycles. The Morgan fingerprint density at radius 3 is 2.39 bits per heavy atom. The Morgan fingerprint density at radius 2 is 1.74 bits per heavy atom. The fourth-order valence-corrected chi connectivity index (χ4v) is 3.50. The van der Waals surface area contributed by atoms with Crippen molar-refractivity contribution in [2.24, 2.45) is 5.92 Å². The summed E-state index contributed by atoms with van der Waals surface area (Å²) >= 11 is 0. The molecule has 1 nitrogen and oxygen atoms in total. The summed E-state index contributed by atoms with van der Waals surface area (Å²) in [6.07, 6.45) is 15.0. The van der Waals surface area contributed by atoms with Gasteiger partial charge < -0.3 is 4.74 Å². The van der Waals surface area contributed by atoms with Gasteiger partial charge in [-0.3, -0.25) is 0 Å². The van der Waals surface area contributed by atoms with Crippen LogP contribution >= 0.6 is 0 Å². The number of ether oxygens (including phenoxy) is 1. The summed E-state index contributed by atoms with van der Waals surface area (Å²) in [5.41, 5.74) is 2.84. The molecule has 0 unspecified atom stereocenters. The highest BCUT2D eigenvalue weighted by Gasteiger charge is 2.20. The van der Waals surface area contributed by atoms with E-state index in [4.69, 9.17) is 4.74 Å². The molecule has 0 radical (unpaired) electrons. The van der Waals surface area contributed by atoms with E-state index in [1.807, 2.05) is 0 Å². The normalized spacial score (nSPS) is 21.8. The third-order valence-electron chi connectivity index (χ3n) is 5.03. The molecular formula is C22H34O. The van der Waals surface area contributed by atoms with Crippen LogP contribution in [-0.4, -0.2) is 6.61 Å². The van der Waals surface area contributed by atoms with Crippen LogP contribution < -0.4 is 0 Å². The molecule has 23 heavy (non-hydrogen) atoms. The maximum atomic E-state index is 5.75. The molecule has 1 aliphatic rings. The van der Waals surface area contributed by atoms with Crippen LogP contribution in [0.3, 0.4) is 0 Å². The van der Waals surface area contributed by atoms with Crippen molar-refractivity contribution in [3.8, 4) is 0 Å². The lowest BCUT2D eigenvalue weighted by Gasteiger charge is -2.27. The fraction of sp³-hybridized carbons (Fsp3) is 0.636. The highest BCUT2D eigenvalue weighted by atomic mass is 16.5. The zero-order valence-electron chi connectivity index (χ0n) is 15.1. The van der Waals surface area contributed by atoms with Gasteiger partial charge in [0, 0.05) is 6.61 Å². The molecule has 0 aromatic heterocycles. The van der Waals surface area contributed by atoms with Crippen molar-refractivity contribution in [1.29, 1.82) is 0 Å². The van der Waals surface area contributed by atoms with E-state index in [9.17, 15) is 0 Å². The molecule has 1 fully saturated rings. The monoisotopic (exact) mass is 314 g/mol. The molecule has 1 aliphatic carbocycles. The minimum absolute atomic E-state index is 0.762. The van der Waals surface area contributed by atoms with Crippen molar-refractivity contribution in [1.82, 2.24) is 0 Å². The van der Waals surface area contributed by atoms with E-state index in [0.717, 1.165) is 25.0 Å². The van der Waals surface area contributed by atoms with E-state index < -0.39 is 0 Å². The smallest absolute Gasteiger partial charge is 0.0716 e. The second-order valence-corrected chi connectivity index (χ2v) is 6.95. The largest absolute Gasteiger partial charge is 0.377 e. The summed E-state index contributed by atoms with van der Waals surface area (Å²) in [6.45, 7) is 6.10. The summed E-state index contributed by atoms with van der Waals surface area (Å²) in [6, 6.07) is 9.19. The van der Waals surface area contributed by atoms with Crippen LogP contribution in [0.1, 0.15) is 82.3 Å². The van der Waals surface area contributed by atoms with E-state index in [1.165, 1.54) is 62.5 Å². The molecule has 0 saturated heterocycles. The van der Waals surface area contributed by atoms with Crippen molar-refractivity contribution < 1.29 is 4.74 Å². The van der Waals surface area contributed by atoms with Crippen LogP contribution in [0.4, 0.5) is 0 Å². The lowest BCUT2D eigenvalue weighted by molar-refractivity contribution is 0.117. The van der Waals surface area contributed by atoms with Crippen LogP contribution in [0.5, 0.6) is 0 Å². The summed E-state index contributed by atoms with van der Waals surface area (Å²) in [4.78, 5) is 0. The third kappa shape index (κ3) is 6.51. The lowest BCUT2D eigenvalue weighted by atomic mass is 9.78. The molecule has 1 saturated carbocycles. The topological polar surface area (TPSA) is 9.23 Å². The van der Waals surface area contributed by atoms with Crippen LogP contribution in [0.15, 0.2) is 36.4 Å². The van der Waals surface area contributed by atoms with Gasteiger partial charge in [0.15, 0.2) is 0 Å². The molecule has 0 N–H and O–H groups in total. The van der Waals surface area contributed by atoms with Gasteiger partial charge >= 0.3 is 0 Å². The second-order valence-electron chi connectivity index (χ2n) is 6.95. The van der Waals surface area contributed by atoms with E-state index in [1.54, 1.807) is 0 Å².